The van der Waals surface area contributed by atoms with Crippen LogP contribution < -0.4 is 15.0 Å². The van der Waals surface area contributed by atoms with Crippen LogP contribution in [0.25, 0.3) is 10.9 Å². The molecule has 2 aliphatic rings. The van der Waals surface area contributed by atoms with Crippen molar-refractivity contribution >= 4 is 22.6 Å². The van der Waals surface area contributed by atoms with Gasteiger partial charge in [0.15, 0.2) is 6.61 Å². The number of anilines is 1. The lowest BCUT2D eigenvalue weighted by atomic mass is 10.1. The van der Waals surface area contributed by atoms with E-state index in [2.05, 4.69) is 22.3 Å². The van der Waals surface area contributed by atoms with Crippen LogP contribution in [0.1, 0.15) is 32.1 Å². The molecule has 2 fully saturated rings. The molecule has 0 saturated carbocycles. The van der Waals surface area contributed by atoms with Gasteiger partial charge in [0.2, 0.25) is 0 Å². The number of hydrogen-bond donors (Lipinski definition) is 1. The van der Waals surface area contributed by atoms with Crippen LogP contribution in [0.3, 0.4) is 0 Å². The average molecular weight is 369 g/mol. The Bertz CT molecular complexity index is 783. The second-order valence-corrected chi connectivity index (χ2v) is 7.27. The first-order valence-electron chi connectivity index (χ1n) is 9.95. The molecule has 1 unspecified atom stereocenters. The van der Waals surface area contributed by atoms with E-state index in [4.69, 9.17) is 14.5 Å². The van der Waals surface area contributed by atoms with Gasteiger partial charge >= 0.3 is 0 Å². The van der Waals surface area contributed by atoms with Gasteiger partial charge in [-0.1, -0.05) is 12.1 Å². The zero-order valence-corrected chi connectivity index (χ0v) is 15.7. The van der Waals surface area contributed by atoms with Gasteiger partial charge in [0.25, 0.3) is 5.91 Å². The number of fused-ring (bicyclic) bond motifs is 1. The molecule has 0 aliphatic carbocycles. The lowest BCUT2D eigenvalue weighted by molar-refractivity contribution is -0.123. The lowest BCUT2D eigenvalue weighted by Gasteiger charge is -2.28. The maximum atomic E-state index is 12.1. The molecule has 0 bridgehead atoms. The molecule has 27 heavy (non-hydrogen) atoms. The maximum absolute atomic E-state index is 12.1. The summed E-state index contributed by atoms with van der Waals surface area (Å²) in [4.78, 5) is 19.3. The Balaban J connectivity index is 1.41. The van der Waals surface area contributed by atoms with E-state index in [1.165, 1.54) is 19.3 Å². The van der Waals surface area contributed by atoms with Crippen LogP contribution in [0, 0.1) is 0 Å². The third kappa shape index (κ3) is 4.50. The highest BCUT2D eigenvalue weighted by atomic mass is 16.5. The topological polar surface area (TPSA) is 63.7 Å². The van der Waals surface area contributed by atoms with E-state index in [-0.39, 0.29) is 18.6 Å². The molecule has 1 aromatic heterocycles. The molecule has 144 valence electrons. The van der Waals surface area contributed by atoms with E-state index < -0.39 is 0 Å². The highest BCUT2D eigenvalue weighted by Gasteiger charge is 2.17. The number of carbonyl (C=O) groups excluding carboxylic acids is 1. The van der Waals surface area contributed by atoms with Crippen LogP contribution in [0.2, 0.25) is 0 Å². The zero-order chi connectivity index (χ0) is 18.5. The third-order valence-electron chi connectivity index (χ3n) is 5.26. The van der Waals surface area contributed by atoms with E-state index in [0.717, 1.165) is 49.3 Å². The molecule has 0 spiro atoms. The minimum atomic E-state index is -0.130. The monoisotopic (exact) mass is 369 g/mol. The van der Waals surface area contributed by atoms with E-state index in [1.807, 2.05) is 18.2 Å². The number of aromatic nitrogens is 1. The first kappa shape index (κ1) is 18.0. The number of para-hydroxylation sites is 1. The number of pyridine rings is 1. The van der Waals surface area contributed by atoms with Gasteiger partial charge in [-0.3, -0.25) is 4.79 Å². The number of nitrogens with zero attached hydrogens (tertiary/aromatic N) is 2. The Morgan fingerprint density at radius 2 is 2.07 bits per heavy atom. The van der Waals surface area contributed by atoms with Crippen molar-refractivity contribution in [1.29, 1.82) is 0 Å². The predicted octanol–water partition coefficient (Wildman–Crippen LogP) is 2.90. The molecule has 6 heteroatoms. The Labute approximate surface area is 159 Å². The molecular weight excluding hydrogens is 342 g/mol. The van der Waals surface area contributed by atoms with Crippen molar-refractivity contribution in [3.05, 3.63) is 30.3 Å². The molecule has 1 N–H and O–H groups in total. The second kappa shape index (κ2) is 8.57. The highest BCUT2D eigenvalue weighted by Crippen LogP contribution is 2.27. The Morgan fingerprint density at radius 1 is 1.19 bits per heavy atom. The van der Waals surface area contributed by atoms with Crippen LogP contribution >= 0.6 is 0 Å². The van der Waals surface area contributed by atoms with Gasteiger partial charge in [-0.05, 0) is 50.3 Å². The normalized spacial score (nSPS) is 20.0. The number of nitrogens with one attached hydrogen (secondary N) is 1. The van der Waals surface area contributed by atoms with Gasteiger partial charge in [0.05, 0.1) is 6.10 Å². The fourth-order valence-corrected chi connectivity index (χ4v) is 3.75. The number of ether oxygens (including phenoxy) is 2. The molecule has 1 amide bonds. The van der Waals surface area contributed by atoms with Gasteiger partial charge < -0.3 is 19.7 Å². The number of carbonyl (C=O) groups is 1. The zero-order valence-electron chi connectivity index (χ0n) is 15.7. The van der Waals surface area contributed by atoms with Gasteiger partial charge in [0, 0.05) is 31.6 Å². The third-order valence-corrected chi connectivity index (χ3v) is 5.26. The summed E-state index contributed by atoms with van der Waals surface area (Å²) in [6.07, 6.45) is 5.93. The van der Waals surface area contributed by atoms with Crippen molar-refractivity contribution in [2.45, 2.75) is 38.2 Å². The second-order valence-electron chi connectivity index (χ2n) is 7.27. The number of amides is 1. The Morgan fingerprint density at radius 3 is 2.89 bits per heavy atom. The summed E-state index contributed by atoms with van der Waals surface area (Å²) >= 11 is 0. The van der Waals surface area contributed by atoms with Crippen LogP contribution in [0.15, 0.2) is 30.3 Å². The molecular formula is C21H27N3O3. The molecule has 4 rings (SSSR count). The van der Waals surface area contributed by atoms with Crippen molar-refractivity contribution < 1.29 is 14.3 Å². The highest BCUT2D eigenvalue weighted by molar-refractivity contribution is 5.86. The van der Waals surface area contributed by atoms with Gasteiger partial charge in [-0.15, -0.1) is 0 Å². The van der Waals surface area contributed by atoms with Crippen LogP contribution in [-0.4, -0.2) is 49.8 Å². The van der Waals surface area contributed by atoms with E-state index in [0.29, 0.717) is 12.3 Å². The fourth-order valence-electron chi connectivity index (χ4n) is 3.75. The smallest absolute Gasteiger partial charge is 0.258 e. The molecule has 2 aromatic rings. The van der Waals surface area contributed by atoms with Crippen molar-refractivity contribution in [3.8, 4) is 5.75 Å². The molecule has 1 atom stereocenters. The van der Waals surface area contributed by atoms with Crippen molar-refractivity contribution in [2.75, 3.05) is 37.7 Å². The summed E-state index contributed by atoms with van der Waals surface area (Å²) in [6, 6.07) is 9.99. The molecule has 6 nitrogen and oxygen atoms in total. The summed E-state index contributed by atoms with van der Waals surface area (Å²) in [7, 11) is 0. The standard InChI is InChI=1S/C21H27N3O3/c25-20(22-14-17-7-5-13-26-17)15-27-18-8-4-6-16-9-10-19(23-21(16)18)24-11-2-1-3-12-24/h4,6,8-10,17H,1-3,5,7,11-15H2,(H,22,25). The van der Waals surface area contributed by atoms with Crippen LogP contribution in [0.5, 0.6) is 5.75 Å². The van der Waals surface area contributed by atoms with Gasteiger partial charge in [0.1, 0.15) is 17.1 Å². The van der Waals surface area contributed by atoms with Crippen molar-refractivity contribution in [1.82, 2.24) is 10.3 Å². The van der Waals surface area contributed by atoms with Gasteiger partial charge in [-0.2, -0.15) is 0 Å². The quantitative estimate of drug-likeness (QED) is 0.848. The lowest BCUT2D eigenvalue weighted by Crippen LogP contribution is -2.35. The molecule has 2 saturated heterocycles. The predicted molar refractivity (Wildman–Crippen MR) is 105 cm³/mol. The van der Waals surface area contributed by atoms with Crippen LogP contribution in [0.4, 0.5) is 5.82 Å². The molecule has 2 aliphatic heterocycles. The summed E-state index contributed by atoms with van der Waals surface area (Å²) in [6.45, 7) is 3.43. The number of piperidine rings is 1. The number of benzene rings is 1. The average Bonchev–Trinajstić information content (AvgIpc) is 3.24. The fraction of sp³-hybridized carbons (Fsp3) is 0.524. The first-order chi connectivity index (χ1) is 13.3. The van der Waals surface area contributed by atoms with Crippen molar-refractivity contribution in [3.63, 3.8) is 0 Å². The first-order valence-corrected chi connectivity index (χ1v) is 9.95. The minimum Gasteiger partial charge on any atom is -0.481 e. The summed E-state index contributed by atoms with van der Waals surface area (Å²) in [5.41, 5.74) is 0.812. The van der Waals surface area contributed by atoms with E-state index in [9.17, 15) is 4.79 Å². The number of hydrogen-bond acceptors (Lipinski definition) is 5. The Kier molecular flexibility index (Phi) is 5.72. The summed E-state index contributed by atoms with van der Waals surface area (Å²) < 4.78 is 11.3. The van der Waals surface area contributed by atoms with E-state index in [1.54, 1.807) is 0 Å². The number of rotatable bonds is 6. The van der Waals surface area contributed by atoms with E-state index >= 15 is 0 Å². The molecule has 0 radical (unpaired) electrons. The maximum Gasteiger partial charge on any atom is 0.258 e. The molecule has 1 aromatic carbocycles. The Hall–Kier alpha value is -2.34. The summed E-state index contributed by atoms with van der Waals surface area (Å²) in [5.74, 6) is 1.51. The minimum absolute atomic E-state index is 0.0124. The molecule has 3 heterocycles. The SMILES string of the molecule is O=C(COc1cccc2ccc(N3CCCCC3)nc12)NCC1CCCO1. The van der Waals surface area contributed by atoms with Crippen molar-refractivity contribution in [2.24, 2.45) is 0 Å². The van der Waals surface area contributed by atoms with Crippen LogP contribution in [-0.2, 0) is 9.53 Å². The van der Waals surface area contributed by atoms with Gasteiger partial charge in [-0.25, -0.2) is 4.98 Å². The largest absolute Gasteiger partial charge is 0.481 e. The summed E-state index contributed by atoms with van der Waals surface area (Å²) in [5, 5.41) is 3.91.